The molecule has 3 heteroatoms. The molecule has 1 heterocycles. The maximum absolute atomic E-state index is 6.02. The first-order valence-electron chi connectivity index (χ1n) is 6.38. The molecule has 0 aliphatic heterocycles. The van der Waals surface area contributed by atoms with Gasteiger partial charge in [0.1, 0.15) is 0 Å². The lowest BCUT2D eigenvalue weighted by Gasteiger charge is -2.16. The number of hydrogen-bond acceptors (Lipinski definition) is 2. The van der Waals surface area contributed by atoms with Crippen molar-refractivity contribution in [2.45, 2.75) is 59.0 Å². The van der Waals surface area contributed by atoms with Gasteiger partial charge >= 0.3 is 0 Å². The second kappa shape index (κ2) is 6.04. The molecule has 0 amide bonds. The van der Waals surface area contributed by atoms with Crippen LogP contribution in [0.2, 0.25) is 0 Å². The van der Waals surface area contributed by atoms with Gasteiger partial charge in [0.05, 0.1) is 5.69 Å². The van der Waals surface area contributed by atoms with E-state index in [1.54, 1.807) is 0 Å². The van der Waals surface area contributed by atoms with Gasteiger partial charge in [-0.3, -0.25) is 4.68 Å². The fourth-order valence-electron chi connectivity index (χ4n) is 1.80. The molecule has 0 aromatic carbocycles. The van der Waals surface area contributed by atoms with E-state index in [-0.39, 0.29) is 6.04 Å². The van der Waals surface area contributed by atoms with Gasteiger partial charge in [0, 0.05) is 18.3 Å². The summed E-state index contributed by atoms with van der Waals surface area (Å²) in [7, 11) is 0. The van der Waals surface area contributed by atoms with Crippen molar-refractivity contribution < 1.29 is 0 Å². The maximum Gasteiger partial charge on any atom is 0.0627 e. The quantitative estimate of drug-likeness (QED) is 0.806. The highest BCUT2D eigenvalue weighted by Crippen LogP contribution is 2.14. The van der Waals surface area contributed by atoms with E-state index in [2.05, 4.69) is 49.7 Å². The Hall–Kier alpha value is -0.830. The summed E-state index contributed by atoms with van der Waals surface area (Å²) in [5.41, 5.74) is 7.19. The number of aromatic nitrogens is 2. The zero-order valence-corrected chi connectivity index (χ0v) is 11.0. The van der Waals surface area contributed by atoms with Crippen molar-refractivity contribution in [3.63, 3.8) is 0 Å². The second-order valence-corrected chi connectivity index (χ2v) is 4.80. The minimum absolute atomic E-state index is 0.286. The van der Waals surface area contributed by atoms with E-state index in [4.69, 9.17) is 5.73 Å². The Bertz CT molecular complexity index is 306. The van der Waals surface area contributed by atoms with Gasteiger partial charge in [0.25, 0.3) is 0 Å². The number of rotatable bonds is 6. The SMILES string of the molecule is CCC(N)C(C)Cc1ccn(C(C)CC)n1. The third-order valence-electron chi connectivity index (χ3n) is 3.44. The van der Waals surface area contributed by atoms with E-state index in [1.807, 2.05) is 0 Å². The molecule has 0 spiro atoms. The molecule has 0 saturated carbocycles. The van der Waals surface area contributed by atoms with E-state index < -0.39 is 0 Å². The molecule has 16 heavy (non-hydrogen) atoms. The van der Waals surface area contributed by atoms with Crippen molar-refractivity contribution in [3.8, 4) is 0 Å². The Morgan fingerprint density at radius 3 is 2.56 bits per heavy atom. The van der Waals surface area contributed by atoms with Crippen molar-refractivity contribution >= 4 is 0 Å². The zero-order valence-electron chi connectivity index (χ0n) is 11.0. The molecule has 3 nitrogen and oxygen atoms in total. The van der Waals surface area contributed by atoms with Gasteiger partial charge < -0.3 is 5.73 Å². The van der Waals surface area contributed by atoms with Crippen LogP contribution in [-0.4, -0.2) is 15.8 Å². The van der Waals surface area contributed by atoms with Crippen LogP contribution in [-0.2, 0) is 6.42 Å². The van der Waals surface area contributed by atoms with E-state index in [0.29, 0.717) is 12.0 Å². The molecule has 3 unspecified atom stereocenters. The number of nitrogens with zero attached hydrogens (tertiary/aromatic N) is 2. The molecular formula is C13H25N3. The van der Waals surface area contributed by atoms with Gasteiger partial charge in [-0.25, -0.2) is 0 Å². The summed E-state index contributed by atoms with van der Waals surface area (Å²) in [6, 6.07) is 2.89. The first-order valence-corrected chi connectivity index (χ1v) is 6.38. The predicted molar refractivity (Wildman–Crippen MR) is 68.4 cm³/mol. The molecule has 1 rings (SSSR count). The smallest absolute Gasteiger partial charge is 0.0627 e. The summed E-state index contributed by atoms with van der Waals surface area (Å²) in [6.45, 7) is 8.72. The first kappa shape index (κ1) is 13.2. The number of hydrogen-bond donors (Lipinski definition) is 1. The molecule has 2 N–H and O–H groups in total. The average Bonchev–Trinajstić information content (AvgIpc) is 2.75. The lowest BCUT2D eigenvalue weighted by atomic mass is 9.96. The van der Waals surface area contributed by atoms with Gasteiger partial charge in [-0.2, -0.15) is 5.10 Å². The van der Waals surface area contributed by atoms with Crippen LogP contribution < -0.4 is 5.73 Å². The van der Waals surface area contributed by atoms with Crippen molar-refractivity contribution in [1.29, 1.82) is 0 Å². The summed E-state index contributed by atoms with van der Waals surface area (Å²) in [6.07, 6.45) is 5.21. The highest BCUT2D eigenvalue weighted by Gasteiger charge is 2.13. The van der Waals surface area contributed by atoms with Crippen LogP contribution in [0.25, 0.3) is 0 Å². The van der Waals surface area contributed by atoms with E-state index in [0.717, 1.165) is 25.0 Å². The normalized spacial score (nSPS) is 17.1. The molecule has 0 bridgehead atoms. The van der Waals surface area contributed by atoms with E-state index in [1.165, 1.54) is 0 Å². The van der Waals surface area contributed by atoms with Crippen LogP contribution in [0.15, 0.2) is 12.3 Å². The van der Waals surface area contributed by atoms with Gasteiger partial charge in [-0.15, -0.1) is 0 Å². The van der Waals surface area contributed by atoms with Crippen molar-refractivity contribution in [3.05, 3.63) is 18.0 Å². The highest BCUT2D eigenvalue weighted by molar-refractivity contribution is 5.01. The Balaban J connectivity index is 2.58. The lowest BCUT2D eigenvalue weighted by Crippen LogP contribution is -2.28. The first-order chi connectivity index (χ1) is 7.58. The van der Waals surface area contributed by atoms with Gasteiger partial charge in [0.2, 0.25) is 0 Å². The molecule has 1 aromatic rings. The minimum atomic E-state index is 0.286. The Morgan fingerprint density at radius 1 is 1.31 bits per heavy atom. The van der Waals surface area contributed by atoms with Crippen LogP contribution >= 0.6 is 0 Å². The molecule has 0 radical (unpaired) electrons. The third kappa shape index (κ3) is 3.34. The molecule has 92 valence electrons. The monoisotopic (exact) mass is 223 g/mol. The average molecular weight is 223 g/mol. The van der Waals surface area contributed by atoms with Gasteiger partial charge in [0.15, 0.2) is 0 Å². The molecule has 0 saturated heterocycles. The molecule has 0 aliphatic rings. The summed E-state index contributed by atoms with van der Waals surface area (Å²) in [5, 5.41) is 4.60. The van der Waals surface area contributed by atoms with Crippen molar-refractivity contribution in [2.75, 3.05) is 0 Å². The Morgan fingerprint density at radius 2 is 2.00 bits per heavy atom. The highest BCUT2D eigenvalue weighted by atomic mass is 15.3. The van der Waals surface area contributed by atoms with Gasteiger partial charge in [-0.1, -0.05) is 20.8 Å². The topological polar surface area (TPSA) is 43.8 Å². The van der Waals surface area contributed by atoms with Crippen molar-refractivity contribution in [2.24, 2.45) is 11.7 Å². The fourth-order valence-corrected chi connectivity index (χ4v) is 1.80. The fraction of sp³-hybridized carbons (Fsp3) is 0.769. The number of nitrogens with two attached hydrogens (primary N) is 1. The summed E-state index contributed by atoms with van der Waals surface area (Å²) in [4.78, 5) is 0. The summed E-state index contributed by atoms with van der Waals surface area (Å²) < 4.78 is 2.06. The molecule has 0 aliphatic carbocycles. The van der Waals surface area contributed by atoms with E-state index in [9.17, 15) is 0 Å². The zero-order chi connectivity index (χ0) is 12.1. The third-order valence-corrected chi connectivity index (χ3v) is 3.44. The summed E-state index contributed by atoms with van der Waals surface area (Å²) in [5.74, 6) is 0.505. The molecule has 3 atom stereocenters. The van der Waals surface area contributed by atoms with Gasteiger partial charge in [-0.05, 0) is 38.2 Å². The predicted octanol–water partition coefficient (Wildman–Crippen LogP) is 2.77. The van der Waals surface area contributed by atoms with Crippen LogP contribution in [0, 0.1) is 5.92 Å². The van der Waals surface area contributed by atoms with E-state index >= 15 is 0 Å². The maximum atomic E-state index is 6.02. The van der Waals surface area contributed by atoms with Crippen LogP contribution in [0.1, 0.15) is 52.3 Å². The Labute approximate surface area is 99.0 Å². The van der Waals surface area contributed by atoms with Crippen molar-refractivity contribution in [1.82, 2.24) is 9.78 Å². The van der Waals surface area contributed by atoms with Crippen LogP contribution in [0.5, 0.6) is 0 Å². The minimum Gasteiger partial charge on any atom is -0.327 e. The van der Waals surface area contributed by atoms with Crippen LogP contribution in [0.4, 0.5) is 0 Å². The molecule has 1 aromatic heterocycles. The largest absolute Gasteiger partial charge is 0.327 e. The standard InChI is InChI=1S/C13H25N3/c1-5-11(4)16-8-7-12(15-16)9-10(3)13(14)6-2/h7-8,10-11,13H,5-6,9,14H2,1-4H3. The molecular weight excluding hydrogens is 198 g/mol. The van der Waals surface area contributed by atoms with Crippen LogP contribution in [0.3, 0.4) is 0 Å². The molecule has 0 fully saturated rings. The Kier molecular flexibility index (Phi) is 5.00. The lowest BCUT2D eigenvalue weighted by molar-refractivity contribution is 0.428. The second-order valence-electron chi connectivity index (χ2n) is 4.80. The summed E-state index contributed by atoms with van der Waals surface area (Å²) >= 11 is 0.